The van der Waals surface area contributed by atoms with Gasteiger partial charge in [0, 0.05) is 19.3 Å². The summed E-state index contributed by atoms with van der Waals surface area (Å²) >= 11 is 0. The number of carboxylic acids is 1. The zero-order chi connectivity index (χ0) is 42.8. The van der Waals surface area contributed by atoms with E-state index in [1.165, 1.54) is 32.1 Å². The molecule has 0 amide bonds. The summed E-state index contributed by atoms with van der Waals surface area (Å²) in [5.41, 5.74) is 0. The van der Waals surface area contributed by atoms with Crippen molar-refractivity contribution in [3.8, 4) is 0 Å². The summed E-state index contributed by atoms with van der Waals surface area (Å²) in [5.74, 6) is -1.80. The Kier molecular flexibility index (Phi) is 37.9. The van der Waals surface area contributed by atoms with Crippen LogP contribution >= 0.6 is 0 Å². The van der Waals surface area contributed by atoms with Crippen LogP contribution in [0, 0.1) is 0 Å². The highest BCUT2D eigenvalue weighted by Crippen LogP contribution is 2.13. The van der Waals surface area contributed by atoms with E-state index in [0.717, 1.165) is 96.3 Å². The highest BCUT2D eigenvalue weighted by Gasteiger charge is 2.25. The zero-order valence-corrected chi connectivity index (χ0v) is 37.4. The van der Waals surface area contributed by atoms with Gasteiger partial charge >= 0.3 is 11.9 Å². The fourth-order valence-electron chi connectivity index (χ4n) is 6.01. The minimum absolute atomic E-state index is 0.0226. The molecule has 0 radical (unpaired) electrons. The third kappa shape index (κ3) is 38.1. The summed E-state index contributed by atoms with van der Waals surface area (Å²) in [6.07, 6.45) is 51.8. The summed E-state index contributed by atoms with van der Waals surface area (Å²) in [5, 5.41) is 11.6. The van der Waals surface area contributed by atoms with Crippen LogP contribution in [0.5, 0.6) is 0 Å². The zero-order valence-electron chi connectivity index (χ0n) is 37.4. The lowest BCUT2D eigenvalue weighted by Crippen LogP contribution is -2.55. The molecule has 2 unspecified atom stereocenters. The maximum absolute atomic E-state index is 12.7. The van der Waals surface area contributed by atoms with Crippen molar-refractivity contribution in [2.75, 3.05) is 41.0 Å². The Bertz CT molecular complexity index is 1220. The molecule has 330 valence electrons. The number of hydrogen-bond acceptors (Lipinski definition) is 7. The van der Waals surface area contributed by atoms with Crippen LogP contribution in [0.1, 0.15) is 162 Å². The van der Waals surface area contributed by atoms with Gasteiger partial charge in [0.05, 0.1) is 40.3 Å². The number of esters is 2. The second kappa shape index (κ2) is 40.3. The number of likely N-dealkylation sites (N-methyl/N-ethyl adjacent to an activating group) is 1. The van der Waals surface area contributed by atoms with E-state index in [2.05, 4.69) is 98.9 Å². The molecule has 0 saturated heterocycles. The van der Waals surface area contributed by atoms with E-state index in [0.29, 0.717) is 12.8 Å². The number of aliphatic carboxylic acids is 1. The highest BCUT2D eigenvalue weighted by atomic mass is 16.6. The SMILES string of the molecule is CC/C=C/C/C=C/C/C=C/C/C=C/C/C=C/CCCCCCCCCC(=O)OC(COCCC(C(=O)[O-])[N+](C)(C)C)COC(=O)CCCCC/C=C/C=C/CCCC. The van der Waals surface area contributed by atoms with Gasteiger partial charge in [0.15, 0.2) is 6.10 Å². The van der Waals surface area contributed by atoms with E-state index in [4.69, 9.17) is 14.2 Å². The van der Waals surface area contributed by atoms with Gasteiger partial charge in [-0.15, -0.1) is 0 Å². The number of rotatable bonds is 39. The van der Waals surface area contributed by atoms with Crippen LogP contribution in [0.15, 0.2) is 85.1 Å². The van der Waals surface area contributed by atoms with Crippen LogP contribution in [-0.4, -0.2) is 75.5 Å². The van der Waals surface area contributed by atoms with Crippen LogP contribution in [0.25, 0.3) is 0 Å². The van der Waals surface area contributed by atoms with Gasteiger partial charge in [-0.25, -0.2) is 0 Å². The fraction of sp³-hybridized carbons (Fsp3) is 0.660. The molecule has 0 aromatic heterocycles. The normalized spacial score (nSPS) is 13.7. The van der Waals surface area contributed by atoms with E-state index in [-0.39, 0.29) is 42.7 Å². The largest absolute Gasteiger partial charge is 0.544 e. The standard InChI is InChI=1S/C50H83NO7/c1-6-8-10-12-14-16-18-19-20-21-22-23-24-25-26-27-28-29-31-33-35-37-39-41-49(53)58-46(44-56-43-42-47(50(54)55)51(3,4)5)45-57-48(52)40-38-36-34-32-30-17-15-13-11-9-7-2/h8,10,13-17,19-20,22-23,25-26,30,46-47H,6-7,9,11-12,18,21,24,27-29,31-45H2,1-5H3/b10-8+,15-13+,16-14+,20-19+,23-22+,26-25+,30-17+. The smallest absolute Gasteiger partial charge is 0.306 e. The van der Waals surface area contributed by atoms with Gasteiger partial charge < -0.3 is 28.6 Å². The first-order chi connectivity index (χ1) is 28.1. The van der Waals surface area contributed by atoms with Crippen LogP contribution in [0.3, 0.4) is 0 Å². The van der Waals surface area contributed by atoms with Crippen molar-refractivity contribution in [2.45, 2.75) is 174 Å². The molecule has 8 heteroatoms. The van der Waals surface area contributed by atoms with Gasteiger partial charge in [-0.3, -0.25) is 9.59 Å². The number of carbonyl (C=O) groups is 3. The van der Waals surface area contributed by atoms with E-state index in [1.54, 1.807) is 21.1 Å². The first-order valence-electron chi connectivity index (χ1n) is 22.6. The lowest BCUT2D eigenvalue weighted by Gasteiger charge is -2.34. The average molecular weight is 810 g/mol. The van der Waals surface area contributed by atoms with Crippen LogP contribution in [-0.2, 0) is 28.6 Å². The van der Waals surface area contributed by atoms with Gasteiger partial charge in [0.2, 0.25) is 0 Å². The van der Waals surface area contributed by atoms with E-state index < -0.39 is 18.1 Å². The van der Waals surface area contributed by atoms with Crippen molar-refractivity contribution >= 4 is 17.9 Å². The molecule has 0 aliphatic heterocycles. The Hall–Kier alpha value is -3.49. The van der Waals surface area contributed by atoms with Gasteiger partial charge in [-0.1, -0.05) is 150 Å². The predicted molar refractivity (Wildman–Crippen MR) is 240 cm³/mol. The topological polar surface area (TPSA) is 102 Å². The number of nitrogens with zero attached hydrogens (tertiary/aromatic N) is 1. The average Bonchev–Trinajstić information content (AvgIpc) is 3.18. The molecule has 0 saturated carbocycles. The Labute approximate surface area is 354 Å². The third-order valence-corrected chi connectivity index (χ3v) is 9.54. The molecule has 0 N–H and O–H groups in total. The second-order valence-corrected chi connectivity index (χ2v) is 15.9. The molecular weight excluding hydrogens is 727 g/mol. The molecule has 0 bridgehead atoms. The minimum atomic E-state index is -1.13. The number of carbonyl (C=O) groups excluding carboxylic acids is 3. The molecule has 0 aromatic carbocycles. The Morgan fingerprint density at radius 1 is 0.552 bits per heavy atom. The first kappa shape index (κ1) is 54.5. The van der Waals surface area contributed by atoms with Crippen LogP contribution in [0.4, 0.5) is 0 Å². The number of carboxylic acid groups (broad SMARTS) is 1. The molecule has 2 atom stereocenters. The number of unbranched alkanes of at least 4 members (excludes halogenated alkanes) is 12. The van der Waals surface area contributed by atoms with Crippen LogP contribution in [0.2, 0.25) is 0 Å². The molecule has 0 rings (SSSR count). The third-order valence-electron chi connectivity index (χ3n) is 9.54. The molecule has 8 nitrogen and oxygen atoms in total. The summed E-state index contributed by atoms with van der Waals surface area (Å²) in [6, 6.07) is -0.736. The van der Waals surface area contributed by atoms with Crippen molar-refractivity contribution < 1.29 is 38.2 Å². The second-order valence-electron chi connectivity index (χ2n) is 15.9. The first-order valence-corrected chi connectivity index (χ1v) is 22.6. The van der Waals surface area contributed by atoms with Crippen molar-refractivity contribution in [2.24, 2.45) is 0 Å². The summed E-state index contributed by atoms with van der Waals surface area (Å²) in [7, 11) is 5.38. The molecule has 0 aromatic rings. The Morgan fingerprint density at radius 3 is 1.55 bits per heavy atom. The van der Waals surface area contributed by atoms with Gasteiger partial charge in [-0.05, 0) is 77.0 Å². The molecule has 58 heavy (non-hydrogen) atoms. The molecule has 0 aliphatic carbocycles. The number of quaternary nitrogens is 1. The number of allylic oxidation sites excluding steroid dienone is 14. The molecular formula is C50H83NO7. The summed E-state index contributed by atoms with van der Waals surface area (Å²) in [6.45, 7) is 4.43. The molecule has 0 fully saturated rings. The van der Waals surface area contributed by atoms with Gasteiger partial charge in [0.1, 0.15) is 12.6 Å². The number of ether oxygens (including phenoxy) is 3. The minimum Gasteiger partial charge on any atom is -0.544 e. The Balaban J connectivity index is 4.33. The van der Waals surface area contributed by atoms with Crippen LogP contribution < -0.4 is 5.11 Å². The van der Waals surface area contributed by atoms with E-state index in [1.807, 2.05) is 0 Å². The van der Waals surface area contributed by atoms with Crippen molar-refractivity contribution in [3.05, 3.63) is 85.1 Å². The van der Waals surface area contributed by atoms with Crippen molar-refractivity contribution in [3.63, 3.8) is 0 Å². The van der Waals surface area contributed by atoms with E-state index >= 15 is 0 Å². The lowest BCUT2D eigenvalue weighted by atomic mass is 10.1. The van der Waals surface area contributed by atoms with Crippen molar-refractivity contribution in [1.82, 2.24) is 0 Å². The van der Waals surface area contributed by atoms with Crippen molar-refractivity contribution in [1.29, 1.82) is 0 Å². The number of hydrogen-bond donors (Lipinski definition) is 0. The lowest BCUT2D eigenvalue weighted by molar-refractivity contribution is -0.889. The Morgan fingerprint density at radius 2 is 1.02 bits per heavy atom. The highest BCUT2D eigenvalue weighted by molar-refractivity contribution is 5.70. The maximum atomic E-state index is 12.7. The molecule has 0 aliphatic rings. The predicted octanol–water partition coefficient (Wildman–Crippen LogP) is 11.2. The van der Waals surface area contributed by atoms with E-state index in [9.17, 15) is 19.5 Å². The maximum Gasteiger partial charge on any atom is 0.306 e. The summed E-state index contributed by atoms with van der Waals surface area (Å²) < 4.78 is 17.1. The molecule has 0 spiro atoms. The fourth-order valence-corrected chi connectivity index (χ4v) is 6.01. The monoisotopic (exact) mass is 810 g/mol. The van der Waals surface area contributed by atoms with Gasteiger partial charge in [-0.2, -0.15) is 0 Å². The molecule has 0 heterocycles. The van der Waals surface area contributed by atoms with Gasteiger partial charge in [0.25, 0.3) is 0 Å². The quantitative estimate of drug-likeness (QED) is 0.0200. The summed E-state index contributed by atoms with van der Waals surface area (Å²) in [4.78, 5) is 36.8.